The van der Waals surface area contributed by atoms with Crippen molar-refractivity contribution >= 4 is 34.7 Å². The molecule has 2 unspecified atom stereocenters. The van der Waals surface area contributed by atoms with Gasteiger partial charge in [-0.1, -0.05) is 43.6 Å². The van der Waals surface area contributed by atoms with Crippen LogP contribution < -0.4 is 11.5 Å². The van der Waals surface area contributed by atoms with E-state index in [1.54, 1.807) is 0 Å². The Bertz CT molecular complexity index is 1700. The highest BCUT2D eigenvalue weighted by molar-refractivity contribution is 7.99. The third kappa shape index (κ3) is 8.14. The number of hydrogen-bond donors (Lipinski definition) is 6. The van der Waals surface area contributed by atoms with Crippen LogP contribution in [0.5, 0.6) is 0 Å². The fraction of sp³-hybridized carbons (Fsp3) is 0.756. The zero-order chi connectivity index (χ0) is 38.9. The lowest BCUT2D eigenvalue weighted by Gasteiger charge is -2.55. The van der Waals surface area contributed by atoms with Gasteiger partial charge in [0.05, 0.1) is 18.5 Å². The van der Waals surface area contributed by atoms with Crippen molar-refractivity contribution in [3.05, 3.63) is 35.4 Å². The van der Waals surface area contributed by atoms with Crippen molar-refractivity contribution in [3.63, 3.8) is 0 Å². The number of imidazole rings is 1. The molecule has 5 aliphatic rings. The lowest BCUT2D eigenvalue weighted by molar-refractivity contribution is -0.138. The second-order valence-corrected chi connectivity index (χ2v) is 18.8. The lowest BCUT2D eigenvalue weighted by atomic mass is 9.50. The highest BCUT2D eigenvalue weighted by atomic mass is 32.2. The molecule has 3 fully saturated rings. The predicted octanol–water partition coefficient (Wildman–Crippen LogP) is 6.02. The number of fused-ring (bicyclic) bond motifs is 5. The van der Waals surface area contributed by atoms with Gasteiger partial charge in [-0.05, 0) is 131 Å². The van der Waals surface area contributed by atoms with Crippen LogP contribution in [0.1, 0.15) is 118 Å². The molecule has 1 aliphatic heterocycles. The molecule has 0 aromatic carbocycles. The molecule has 300 valence electrons. The largest absolute Gasteiger partial charge is 0.480 e. The molecule has 0 radical (unpaired) electrons. The number of nitrogens with zero attached hydrogens (tertiary/aromatic N) is 4. The summed E-state index contributed by atoms with van der Waals surface area (Å²) >= 11 is 1.40. The molecule has 0 amide bonds. The summed E-state index contributed by atoms with van der Waals surface area (Å²) in [6.07, 6.45) is 15.9. The highest BCUT2D eigenvalue weighted by Crippen LogP contribution is 2.66. The van der Waals surface area contributed by atoms with E-state index in [4.69, 9.17) is 21.3 Å². The maximum Gasteiger partial charge on any atom is 0.320 e. The van der Waals surface area contributed by atoms with Crippen molar-refractivity contribution in [2.75, 3.05) is 17.2 Å². The van der Waals surface area contributed by atoms with Gasteiger partial charge in [0.1, 0.15) is 30.1 Å². The molecule has 4 aliphatic carbocycles. The second-order valence-electron chi connectivity index (χ2n) is 17.6. The maximum atomic E-state index is 10.7. The normalized spacial score (nSPS) is 35.7. The third-order valence-electron chi connectivity index (χ3n) is 14.1. The van der Waals surface area contributed by atoms with Gasteiger partial charge in [0.25, 0.3) is 0 Å². The topological polar surface area (TPSA) is 203 Å². The van der Waals surface area contributed by atoms with Crippen LogP contribution in [-0.2, 0) is 9.53 Å². The van der Waals surface area contributed by atoms with E-state index in [0.29, 0.717) is 39.9 Å². The molecule has 7 rings (SSSR count). The number of aliphatic hydroxyl groups excluding tert-OH is 3. The summed E-state index contributed by atoms with van der Waals surface area (Å²) in [6.45, 7) is 12.2. The monoisotopic (exact) mass is 768 g/mol. The number of thioether (sulfide) groups is 1. The summed E-state index contributed by atoms with van der Waals surface area (Å²) < 4.78 is 7.29. The molecule has 8 N–H and O–H groups in total. The Labute approximate surface area is 324 Å². The molecule has 12 nitrogen and oxygen atoms in total. The number of aliphatic carboxylic acids is 1. The van der Waals surface area contributed by atoms with Gasteiger partial charge in [-0.3, -0.25) is 9.36 Å². The first-order valence-corrected chi connectivity index (χ1v) is 21.4. The molecule has 54 heavy (non-hydrogen) atoms. The first-order valence-electron chi connectivity index (χ1n) is 20.2. The van der Waals surface area contributed by atoms with Crippen LogP contribution >= 0.6 is 11.8 Å². The van der Waals surface area contributed by atoms with Crippen LogP contribution in [-0.4, -0.2) is 87.9 Å². The zero-order valence-corrected chi connectivity index (χ0v) is 33.7. The average molecular weight is 769 g/mol. The van der Waals surface area contributed by atoms with Gasteiger partial charge in [0.2, 0.25) is 0 Å². The highest BCUT2D eigenvalue weighted by Gasteiger charge is 2.55. The van der Waals surface area contributed by atoms with Crippen LogP contribution in [0.2, 0.25) is 0 Å². The fourth-order valence-corrected chi connectivity index (χ4v) is 12.0. The third-order valence-corrected chi connectivity index (χ3v) is 15.2. The minimum Gasteiger partial charge on any atom is -0.480 e. The van der Waals surface area contributed by atoms with Gasteiger partial charge in [-0.15, -0.1) is 0 Å². The Morgan fingerprint density at radius 2 is 1.85 bits per heavy atom. The summed E-state index contributed by atoms with van der Waals surface area (Å²) in [6, 6.07) is -0.919. The lowest BCUT2D eigenvalue weighted by Crippen LogP contribution is -2.45. The summed E-state index contributed by atoms with van der Waals surface area (Å²) in [5, 5.41) is 39.6. The average Bonchev–Trinajstić information content (AvgIpc) is 3.80. The van der Waals surface area contributed by atoms with Crippen LogP contribution in [0.25, 0.3) is 11.2 Å². The van der Waals surface area contributed by atoms with Crippen LogP contribution in [0.3, 0.4) is 0 Å². The Kier molecular flexibility index (Phi) is 12.9. The molecule has 2 aromatic rings. The van der Waals surface area contributed by atoms with Crippen LogP contribution in [0, 0.1) is 34.5 Å². The smallest absolute Gasteiger partial charge is 0.320 e. The van der Waals surface area contributed by atoms with E-state index < -0.39 is 36.6 Å². The minimum atomic E-state index is -1.17. The van der Waals surface area contributed by atoms with Crippen molar-refractivity contribution in [3.8, 4) is 0 Å². The van der Waals surface area contributed by atoms with E-state index in [0.717, 1.165) is 36.5 Å². The molecule has 3 heterocycles. The Morgan fingerprint density at radius 1 is 1.07 bits per heavy atom. The van der Waals surface area contributed by atoms with E-state index in [2.05, 4.69) is 55.6 Å². The van der Waals surface area contributed by atoms with Crippen molar-refractivity contribution in [1.82, 2.24) is 19.5 Å². The SMILES string of the molecule is CC(C)=CCCC(C)[C@H]1CC[C@H]2C3=C(CC[C@]12C)[C@@]1(C)CC[C@H](O)C[C@@H]1CC3.Nc1ncnc2c1ncn2[C@@H]1O[C@H](CSCCC(N)C(=O)O)[C@@H](O)[C@H]1O. The van der Waals surface area contributed by atoms with Gasteiger partial charge in [-0.2, -0.15) is 11.8 Å². The van der Waals surface area contributed by atoms with E-state index in [1.165, 1.54) is 92.3 Å². The molecule has 13 heteroatoms. The molecular weight excluding hydrogens is 705 g/mol. The number of hydrogen-bond acceptors (Lipinski definition) is 11. The van der Waals surface area contributed by atoms with Gasteiger partial charge in [0, 0.05) is 5.75 Å². The van der Waals surface area contributed by atoms with E-state index in [9.17, 15) is 20.1 Å². The first kappa shape index (κ1) is 41.1. The van der Waals surface area contributed by atoms with Gasteiger partial charge >= 0.3 is 5.97 Å². The first-order chi connectivity index (χ1) is 25.7. The van der Waals surface area contributed by atoms with Gasteiger partial charge in [-0.25, -0.2) is 15.0 Å². The van der Waals surface area contributed by atoms with Crippen molar-refractivity contribution < 1.29 is 30.0 Å². The standard InChI is InChI=1S/C27H44O.C14H20N6O5S/c1-18(2)7-6-8-19(3)23-11-12-24-22-10-9-20-17-21(28)13-15-26(20,4)25(22)14-16-27(23,24)5;15-6(14(23)24)1-2-26-3-7-9(21)10(22)13(25-7)20-5-19-8-11(16)17-4-18-12(8)20/h7,19-21,23-24,28H,6,8-17H2,1-5H3;4-7,9-10,13,21-22H,1-3,15H2,(H,23,24)(H2,16,17,18)/t19?,20-,21-,23+,24-,26-,27+;6?,7-,9-,10-,13-/m01/s1. The number of rotatable bonds is 11. The van der Waals surface area contributed by atoms with E-state index in [-0.39, 0.29) is 11.9 Å². The summed E-state index contributed by atoms with van der Waals surface area (Å²) in [7, 11) is 0. The summed E-state index contributed by atoms with van der Waals surface area (Å²) in [4.78, 5) is 22.8. The number of ether oxygens (including phenoxy) is 1. The Balaban J connectivity index is 0.000000185. The van der Waals surface area contributed by atoms with Crippen molar-refractivity contribution in [1.29, 1.82) is 0 Å². The number of allylic oxidation sites excluding steroid dienone is 4. The number of carboxylic acids is 1. The van der Waals surface area contributed by atoms with Gasteiger partial charge < -0.3 is 36.6 Å². The molecule has 0 bridgehead atoms. The fourth-order valence-electron chi connectivity index (χ4n) is 10.9. The molecule has 0 spiro atoms. The van der Waals surface area contributed by atoms with E-state index in [1.807, 2.05) is 11.1 Å². The number of aromatic nitrogens is 4. The Hall–Kier alpha value is -2.55. The van der Waals surface area contributed by atoms with Crippen LogP contribution in [0.15, 0.2) is 35.4 Å². The molecule has 2 saturated carbocycles. The number of carbonyl (C=O) groups is 1. The number of nitrogen functional groups attached to an aromatic ring is 1. The quantitative estimate of drug-likeness (QED) is 0.115. The van der Waals surface area contributed by atoms with Crippen LogP contribution in [0.4, 0.5) is 5.82 Å². The minimum absolute atomic E-state index is 0.0356. The number of anilines is 1. The predicted molar refractivity (Wildman–Crippen MR) is 212 cm³/mol. The van der Waals surface area contributed by atoms with E-state index >= 15 is 0 Å². The van der Waals surface area contributed by atoms with Crippen molar-refractivity contribution in [2.24, 2.45) is 40.2 Å². The summed E-state index contributed by atoms with van der Waals surface area (Å²) in [5.41, 5.74) is 18.2. The number of carboxylic acid groups (broad SMARTS) is 1. The zero-order valence-electron chi connectivity index (χ0n) is 32.9. The number of aliphatic hydroxyl groups is 3. The van der Waals surface area contributed by atoms with Gasteiger partial charge in [0.15, 0.2) is 17.7 Å². The number of nitrogens with two attached hydrogens (primary N) is 2. The molecule has 2 aromatic heterocycles. The maximum absolute atomic E-state index is 10.7. The Morgan fingerprint density at radius 3 is 2.59 bits per heavy atom. The van der Waals surface area contributed by atoms with Crippen molar-refractivity contribution in [2.45, 2.75) is 148 Å². The molecule has 12 atom stereocenters. The molecular formula is C41H64N6O6S. The molecule has 1 saturated heterocycles. The second kappa shape index (κ2) is 16.9. The summed E-state index contributed by atoms with van der Waals surface area (Å²) in [5.74, 6) is 3.40.